The van der Waals surface area contributed by atoms with E-state index in [0.29, 0.717) is 11.1 Å². The van der Waals surface area contributed by atoms with E-state index in [1.165, 1.54) is 23.5 Å². The standard InChI is InChI=1S/C13H8FNOS/c14-9-3-1-8(2-4-9)11-7-12-10(5-6-17-12)13(16)15-11/h1-7H,(H,15,16). The molecule has 0 spiro atoms. The van der Waals surface area contributed by atoms with Crippen LogP contribution in [-0.2, 0) is 0 Å². The second kappa shape index (κ2) is 3.82. The Balaban J connectivity index is 2.23. The van der Waals surface area contributed by atoms with Crippen molar-refractivity contribution < 1.29 is 4.39 Å². The first-order chi connectivity index (χ1) is 8.24. The molecular formula is C13H8FNOS. The summed E-state index contributed by atoms with van der Waals surface area (Å²) in [5, 5.41) is 2.58. The Labute approximate surface area is 100 Å². The van der Waals surface area contributed by atoms with E-state index in [4.69, 9.17) is 0 Å². The Morgan fingerprint density at radius 2 is 1.88 bits per heavy atom. The van der Waals surface area contributed by atoms with Crippen molar-refractivity contribution in [2.24, 2.45) is 0 Å². The van der Waals surface area contributed by atoms with Gasteiger partial charge in [0.1, 0.15) is 5.82 Å². The lowest BCUT2D eigenvalue weighted by molar-refractivity contribution is 0.628. The van der Waals surface area contributed by atoms with Crippen LogP contribution in [0.1, 0.15) is 0 Å². The molecule has 4 heteroatoms. The van der Waals surface area contributed by atoms with Gasteiger partial charge in [0.25, 0.3) is 5.56 Å². The molecule has 1 aromatic carbocycles. The number of hydrogen-bond acceptors (Lipinski definition) is 2. The maximum absolute atomic E-state index is 12.8. The lowest BCUT2D eigenvalue weighted by Crippen LogP contribution is -2.05. The number of aromatic nitrogens is 1. The summed E-state index contributed by atoms with van der Waals surface area (Å²) in [4.78, 5) is 14.6. The average molecular weight is 245 g/mol. The van der Waals surface area contributed by atoms with Gasteiger partial charge in [-0.2, -0.15) is 0 Å². The van der Waals surface area contributed by atoms with Gasteiger partial charge >= 0.3 is 0 Å². The predicted molar refractivity (Wildman–Crippen MR) is 67.8 cm³/mol. The van der Waals surface area contributed by atoms with Crippen molar-refractivity contribution in [2.75, 3.05) is 0 Å². The van der Waals surface area contributed by atoms with Gasteiger partial charge in [-0.1, -0.05) is 0 Å². The Hall–Kier alpha value is -1.94. The van der Waals surface area contributed by atoms with Gasteiger partial charge in [0.15, 0.2) is 0 Å². The predicted octanol–water partition coefficient (Wildman–Crippen LogP) is 3.40. The molecular weight excluding hydrogens is 237 g/mol. The van der Waals surface area contributed by atoms with Crippen LogP contribution in [0.15, 0.2) is 46.6 Å². The van der Waals surface area contributed by atoms with E-state index in [2.05, 4.69) is 4.98 Å². The average Bonchev–Trinajstić information content (AvgIpc) is 2.78. The quantitative estimate of drug-likeness (QED) is 0.700. The highest BCUT2D eigenvalue weighted by Gasteiger charge is 2.04. The van der Waals surface area contributed by atoms with Gasteiger partial charge in [0.2, 0.25) is 0 Å². The van der Waals surface area contributed by atoms with E-state index >= 15 is 0 Å². The lowest BCUT2D eigenvalue weighted by Gasteiger charge is -2.01. The number of H-pyrrole nitrogens is 1. The summed E-state index contributed by atoms with van der Waals surface area (Å²) in [6.07, 6.45) is 0. The molecule has 2 nitrogen and oxygen atoms in total. The summed E-state index contributed by atoms with van der Waals surface area (Å²) in [6.45, 7) is 0. The van der Waals surface area contributed by atoms with Crippen molar-refractivity contribution in [1.29, 1.82) is 0 Å². The highest BCUT2D eigenvalue weighted by atomic mass is 32.1. The van der Waals surface area contributed by atoms with Gasteiger partial charge in [-0.15, -0.1) is 11.3 Å². The zero-order valence-electron chi connectivity index (χ0n) is 8.74. The Bertz CT molecular complexity index is 727. The molecule has 0 bridgehead atoms. The molecule has 3 aromatic rings. The first-order valence-corrected chi connectivity index (χ1v) is 5.98. The van der Waals surface area contributed by atoms with Gasteiger partial charge in [-0.25, -0.2) is 4.39 Å². The minimum Gasteiger partial charge on any atom is -0.321 e. The van der Waals surface area contributed by atoms with Crippen LogP contribution in [-0.4, -0.2) is 4.98 Å². The molecule has 0 fully saturated rings. The summed E-state index contributed by atoms with van der Waals surface area (Å²) >= 11 is 1.52. The minimum absolute atomic E-state index is 0.108. The van der Waals surface area contributed by atoms with Crippen molar-refractivity contribution in [3.63, 3.8) is 0 Å². The van der Waals surface area contributed by atoms with E-state index in [-0.39, 0.29) is 11.4 Å². The van der Waals surface area contributed by atoms with Crippen LogP contribution in [0.4, 0.5) is 4.39 Å². The summed E-state index contributed by atoms with van der Waals surface area (Å²) in [7, 11) is 0. The number of halogens is 1. The molecule has 2 aromatic heterocycles. The maximum Gasteiger partial charge on any atom is 0.257 e. The van der Waals surface area contributed by atoms with Crippen LogP contribution < -0.4 is 5.56 Å². The Morgan fingerprint density at radius 1 is 1.12 bits per heavy atom. The molecule has 0 aliphatic rings. The number of rotatable bonds is 1. The topological polar surface area (TPSA) is 32.9 Å². The summed E-state index contributed by atoms with van der Waals surface area (Å²) in [5.41, 5.74) is 1.41. The van der Waals surface area contributed by atoms with E-state index in [9.17, 15) is 9.18 Å². The second-order valence-corrected chi connectivity index (χ2v) is 4.67. The van der Waals surface area contributed by atoms with Crippen LogP contribution in [0, 0.1) is 5.82 Å². The molecule has 0 saturated carbocycles. The van der Waals surface area contributed by atoms with E-state index in [0.717, 1.165) is 10.3 Å². The first kappa shape index (κ1) is 10.2. The molecule has 0 atom stereocenters. The number of hydrogen-bond donors (Lipinski definition) is 1. The van der Waals surface area contributed by atoms with Crippen molar-refractivity contribution >= 4 is 21.4 Å². The molecule has 0 saturated heterocycles. The molecule has 0 radical (unpaired) electrons. The number of pyridine rings is 1. The molecule has 0 aliphatic heterocycles. The fourth-order valence-corrected chi connectivity index (χ4v) is 2.59. The molecule has 2 heterocycles. The zero-order valence-corrected chi connectivity index (χ0v) is 9.55. The third kappa shape index (κ3) is 1.76. The molecule has 3 rings (SSSR count). The van der Waals surface area contributed by atoms with Crippen molar-refractivity contribution in [3.05, 3.63) is 57.9 Å². The number of fused-ring (bicyclic) bond motifs is 1. The second-order valence-electron chi connectivity index (χ2n) is 3.72. The lowest BCUT2D eigenvalue weighted by atomic mass is 10.1. The number of thiophene rings is 1. The molecule has 0 unspecified atom stereocenters. The Morgan fingerprint density at radius 3 is 2.65 bits per heavy atom. The molecule has 1 N–H and O–H groups in total. The zero-order chi connectivity index (χ0) is 11.8. The maximum atomic E-state index is 12.8. The summed E-state index contributed by atoms with van der Waals surface area (Å²) < 4.78 is 13.8. The molecule has 0 amide bonds. The third-order valence-corrected chi connectivity index (χ3v) is 3.48. The van der Waals surface area contributed by atoms with Crippen molar-refractivity contribution in [1.82, 2.24) is 4.98 Å². The van der Waals surface area contributed by atoms with E-state index < -0.39 is 0 Å². The highest BCUT2D eigenvalue weighted by Crippen LogP contribution is 2.23. The van der Waals surface area contributed by atoms with Crippen LogP contribution >= 0.6 is 11.3 Å². The Kier molecular flexibility index (Phi) is 2.30. The summed E-state index contributed by atoms with van der Waals surface area (Å²) in [6, 6.07) is 9.78. The van der Waals surface area contributed by atoms with E-state index in [1.54, 1.807) is 18.2 Å². The largest absolute Gasteiger partial charge is 0.321 e. The smallest absolute Gasteiger partial charge is 0.257 e. The number of benzene rings is 1. The first-order valence-electron chi connectivity index (χ1n) is 5.10. The SMILES string of the molecule is O=c1[nH]c(-c2ccc(F)cc2)cc2sccc12. The van der Waals surface area contributed by atoms with Gasteiger partial charge in [-0.05, 0) is 47.3 Å². The molecule has 17 heavy (non-hydrogen) atoms. The van der Waals surface area contributed by atoms with Crippen LogP contribution in [0.2, 0.25) is 0 Å². The van der Waals surface area contributed by atoms with E-state index in [1.807, 2.05) is 11.4 Å². The van der Waals surface area contributed by atoms with Crippen LogP contribution in [0.5, 0.6) is 0 Å². The highest BCUT2D eigenvalue weighted by molar-refractivity contribution is 7.17. The van der Waals surface area contributed by atoms with Crippen molar-refractivity contribution in [2.45, 2.75) is 0 Å². The van der Waals surface area contributed by atoms with Gasteiger partial charge in [0, 0.05) is 10.4 Å². The van der Waals surface area contributed by atoms with Crippen LogP contribution in [0.25, 0.3) is 21.3 Å². The van der Waals surface area contributed by atoms with Crippen molar-refractivity contribution in [3.8, 4) is 11.3 Å². The number of aromatic amines is 1. The number of nitrogens with one attached hydrogen (secondary N) is 1. The van der Waals surface area contributed by atoms with Crippen LogP contribution in [0.3, 0.4) is 0 Å². The normalized spacial score (nSPS) is 10.9. The van der Waals surface area contributed by atoms with Gasteiger partial charge in [-0.3, -0.25) is 4.79 Å². The molecule has 0 aliphatic carbocycles. The fraction of sp³-hybridized carbons (Fsp3) is 0. The van der Waals surface area contributed by atoms with Gasteiger partial charge in [0.05, 0.1) is 5.39 Å². The minimum atomic E-state index is -0.284. The third-order valence-electron chi connectivity index (χ3n) is 2.62. The molecule has 84 valence electrons. The summed E-state index contributed by atoms with van der Waals surface area (Å²) in [5.74, 6) is -0.284. The fourth-order valence-electron chi connectivity index (χ4n) is 1.76. The monoisotopic (exact) mass is 245 g/mol. The van der Waals surface area contributed by atoms with Gasteiger partial charge < -0.3 is 4.98 Å².